The van der Waals surface area contributed by atoms with Gasteiger partial charge < -0.3 is 5.32 Å². The van der Waals surface area contributed by atoms with Gasteiger partial charge in [-0.3, -0.25) is 14.9 Å². The van der Waals surface area contributed by atoms with Crippen LogP contribution in [0.1, 0.15) is 16.8 Å². The minimum atomic E-state index is -0.607. The van der Waals surface area contributed by atoms with Gasteiger partial charge in [-0.2, -0.15) is 11.8 Å². The predicted molar refractivity (Wildman–Crippen MR) is 76.3 cm³/mol. The van der Waals surface area contributed by atoms with E-state index in [1.165, 1.54) is 0 Å². The highest BCUT2D eigenvalue weighted by Crippen LogP contribution is 2.31. The zero-order chi connectivity index (χ0) is 14.0. The molecule has 2 rings (SSSR count). The molecule has 8 heteroatoms. The van der Waals surface area contributed by atoms with Gasteiger partial charge in [0.1, 0.15) is 0 Å². The van der Waals surface area contributed by atoms with E-state index < -0.39 is 10.8 Å². The SMILES string of the molecule is O=C(NC1CCSC1)c1cc([N+](=O)[O-])cc(Cl)c1Cl. The summed E-state index contributed by atoms with van der Waals surface area (Å²) in [5.41, 5.74) is -0.210. The molecule has 1 aromatic rings. The topological polar surface area (TPSA) is 72.2 Å². The molecule has 1 amide bonds. The van der Waals surface area contributed by atoms with Crippen LogP contribution in [0, 0.1) is 10.1 Å². The number of non-ortho nitro benzene ring substituents is 1. The number of hydrogen-bond acceptors (Lipinski definition) is 4. The highest BCUT2D eigenvalue weighted by atomic mass is 35.5. The van der Waals surface area contributed by atoms with Crippen molar-refractivity contribution in [2.24, 2.45) is 0 Å². The minimum Gasteiger partial charge on any atom is -0.348 e. The van der Waals surface area contributed by atoms with E-state index in [2.05, 4.69) is 5.32 Å². The molecule has 1 heterocycles. The minimum absolute atomic E-state index is 0.00168. The van der Waals surface area contributed by atoms with E-state index in [-0.39, 0.29) is 27.3 Å². The zero-order valence-electron chi connectivity index (χ0n) is 9.69. The lowest BCUT2D eigenvalue weighted by Crippen LogP contribution is -2.34. The first-order chi connectivity index (χ1) is 8.99. The summed E-state index contributed by atoms with van der Waals surface area (Å²) >= 11 is 13.5. The van der Waals surface area contributed by atoms with Crippen molar-refractivity contribution < 1.29 is 9.72 Å². The van der Waals surface area contributed by atoms with E-state index in [4.69, 9.17) is 23.2 Å². The predicted octanol–water partition coefficient (Wildman–Crippen LogP) is 3.14. The summed E-state index contributed by atoms with van der Waals surface area (Å²) in [5, 5.41) is 13.6. The molecule has 5 nitrogen and oxygen atoms in total. The lowest BCUT2D eigenvalue weighted by atomic mass is 10.1. The molecule has 1 aliphatic rings. The summed E-state index contributed by atoms with van der Waals surface area (Å²) in [4.78, 5) is 22.2. The Kier molecular flexibility index (Phi) is 4.54. The normalized spacial score (nSPS) is 18.3. The van der Waals surface area contributed by atoms with Crippen LogP contribution in [0.25, 0.3) is 0 Å². The van der Waals surface area contributed by atoms with Crippen molar-refractivity contribution in [3.8, 4) is 0 Å². The lowest BCUT2D eigenvalue weighted by molar-refractivity contribution is -0.384. The van der Waals surface area contributed by atoms with E-state index in [1.807, 2.05) is 0 Å². The van der Waals surface area contributed by atoms with Crippen LogP contribution in [0.15, 0.2) is 12.1 Å². The van der Waals surface area contributed by atoms with E-state index in [0.29, 0.717) is 0 Å². The van der Waals surface area contributed by atoms with Gasteiger partial charge in [-0.05, 0) is 12.2 Å². The van der Waals surface area contributed by atoms with Crippen LogP contribution in [-0.2, 0) is 0 Å². The molecule has 0 aliphatic carbocycles. The van der Waals surface area contributed by atoms with Crippen molar-refractivity contribution in [1.29, 1.82) is 0 Å². The Morgan fingerprint density at radius 3 is 2.79 bits per heavy atom. The van der Waals surface area contributed by atoms with E-state index >= 15 is 0 Å². The molecule has 0 radical (unpaired) electrons. The quantitative estimate of drug-likeness (QED) is 0.686. The fourth-order valence-corrected chi connectivity index (χ4v) is 3.32. The number of carbonyl (C=O) groups excluding carboxylic acids is 1. The van der Waals surface area contributed by atoms with Crippen LogP contribution < -0.4 is 5.32 Å². The number of nitrogens with zero attached hydrogens (tertiary/aromatic N) is 1. The van der Waals surface area contributed by atoms with Gasteiger partial charge in [-0.25, -0.2) is 0 Å². The van der Waals surface area contributed by atoms with Crippen LogP contribution in [0.4, 0.5) is 5.69 Å². The Bertz CT molecular complexity index is 533. The highest BCUT2D eigenvalue weighted by molar-refractivity contribution is 7.99. The Labute approximate surface area is 123 Å². The molecule has 1 aromatic carbocycles. The van der Waals surface area contributed by atoms with E-state index in [1.54, 1.807) is 11.8 Å². The fraction of sp³-hybridized carbons (Fsp3) is 0.364. The molecule has 1 saturated heterocycles. The second-order valence-electron chi connectivity index (χ2n) is 4.08. The van der Waals surface area contributed by atoms with Crippen LogP contribution in [-0.4, -0.2) is 28.4 Å². The Hall–Kier alpha value is -0.980. The van der Waals surface area contributed by atoms with Crippen molar-refractivity contribution in [2.45, 2.75) is 12.5 Å². The van der Waals surface area contributed by atoms with Gasteiger partial charge in [0.15, 0.2) is 0 Å². The molecule has 0 spiro atoms. The third-order valence-electron chi connectivity index (χ3n) is 2.73. The molecular weight excluding hydrogens is 311 g/mol. The fourth-order valence-electron chi connectivity index (χ4n) is 1.76. The van der Waals surface area contributed by atoms with Gasteiger partial charge in [0.05, 0.1) is 20.5 Å². The van der Waals surface area contributed by atoms with Gasteiger partial charge >= 0.3 is 0 Å². The summed E-state index contributed by atoms with van der Waals surface area (Å²) in [6.07, 6.45) is 0.886. The van der Waals surface area contributed by atoms with Crippen molar-refractivity contribution in [2.75, 3.05) is 11.5 Å². The maximum Gasteiger partial charge on any atom is 0.271 e. The third kappa shape index (κ3) is 3.32. The molecule has 1 unspecified atom stereocenters. The Morgan fingerprint density at radius 2 is 2.21 bits per heavy atom. The first-order valence-electron chi connectivity index (χ1n) is 5.51. The molecule has 102 valence electrons. The van der Waals surface area contributed by atoms with Crippen molar-refractivity contribution in [1.82, 2.24) is 5.32 Å². The molecule has 1 fully saturated rings. The van der Waals surface area contributed by atoms with E-state index in [0.717, 1.165) is 30.1 Å². The molecule has 0 aromatic heterocycles. The summed E-state index contributed by atoms with van der Waals surface area (Å²) in [6.45, 7) is 0. The average molecular weight is 321 g/mol. The Morgan fingerprint density at radius 1 is 1.47 bits per heavy atom. The van der Waals surface area contributed by atoms with Gasteiger partial charge in [-0.1, -0.05) is 23.2 Å². The van der Waals surface area contributed by atoms with Gasteiger partial charge in [0.2, 0.25) is 0 Å². The van der Waals surface area contributed by atoms with Crippen molar-refractivity contribution in [3.05, 3.63) is 37.9 Å². The number of nitro benzene ring substituents is 1. The van der Waals surface area contributed by atoms with Crippen molar-refractivity contribution >= 4 is 46.6 Å². The lowest BCUT2D eigenvalue weighted by Gasteiger charge is -2.12. The van der Waals surface area contributed by atoms with E-state index in [9.17, 15) is 14.9 Å². The van der Waals surface area contributed by atoms with Gasteiger partial charge in [0, 0.05) is 23.9 Å². The second kappa shape index (κ2) is 5.98. The third-order valence-corrected chi connectivity index (χ3v) is 4.70. The molecule has 19 heavy (non-hydrogen) atoms. The number of carbonyl (C=O) groups is 1. The monoisotopic (exact) mass is 320 g/mol. The highest BCUT2D eigenvalue weighted by Gasteiger charge is 2.23. The Balaban J connectivity index is 2.26. The number of benzene rings is 1. The second-order valence-corrected chi connectivity index (χ2v) is 6.02. The number of thioether (sulfide) groups is 1. The summed E-state index contributed by atoms with van der Waals surface area (Å²) < 4.78 is 0. The first-order valence-corrected chi connectivity index (χ1v) is 7.42. The number of amides is 1. The van der Waals surface area contributed by atoms with Crippen molar-refractivity contribution in [3.63, 3.8) is 0 Å². The summed E-state index contributed by atoms with van der Waals surface area (Å²) in [7, 11) is 0. The number of rotatable bonds is 3. The molecule has 1 atom stereocenters. The zero-order valence-corrected chi connectivity index (χ0v) is 12.0. The molecule has 0 saturated carbocycles. The average Bonchev–Trinajstić information content (AvgIpc) is 2.84. The number of nitro groups is 1. The summed E-state index contributed by atoms with van der Waals surface area (Å²) in [6, 6.07) is 2.35. The maximum absolute atomic E-state index is 12.1. The maximum atomic E-state index is 12.1. The van der Waals surface area contributed by atoms with Crippen LogP contribution in [0.3, 0.4) is 0 Å². The largest absolute Gasteiger partial charge is 0.348 e. The van der Waals surface area contributed by atoms with Crippen LogP contribution >= 0.6 is 35.0 Å². The standard InChI is InChI=1S/C11H10Cl2N2O3S/c12-9-4-7(15(17)18)3-8(10(9)13)11(16)14-6-1-2-19-5-6/h3-4,6H,1-2,5H2,(H,14,16). The van der Waals surface area contributed by atoms with Crippen LogP contribution in [0.2, 0.25) is 10.0 Å². The number of nitrogens with one attached hydrogen (secondary N) is 1. The van der Waals surface area contributed by atoms with Gasteiger partial charge in [-0.15, -0.1) is 0 Å². The first kappa shape index (κ1) is 14.4. The molecule has 1 N–H and O–H groups in total. The summed E-state index contributed by atoms with van der Waals surface area (Å²) in [5.74, 6) is 1.41. The van der Waals surface area contributed by atoms with Gasteiger partial charge in [0.25, 0.3) is 11.6 Å². The number of halogens is 2. The molecule has 0 bridgehead atoms. The molecular formula is C11H10Cl2N2O3S. The number of hydrogen-bond donors (Lipinski definition) is 1. The molecule has 1 aliphatic heterocycles. The smallest absolute Gasteiger partial charge is 0.271 e. The van der Waals surface area contributed by atoms with Crippen LogP contribution in [0.5, 0.6) is 0 Å².